The number of methoxy groups -OCH3 is 2. The standard InChI is InChI=1S/C23H25ClN2O5/c1-25(2)11-12-26-20(14-5-8-16(30-3)9-6-14)19(22(28)23(26)29)21(27)15-7-10-18(31-4)17(24)13-15/h5-10,13,20,27H,11-12H2,1-4H3/t20-/m1/s1. The Hall–Kier alpha value is -3.03. The van der Waals surface area contributed by atoms with Gasteiger partial charge in [0.25, 0.3) is 11.7 Å². The number of aliphatic hydroxyl groups excluding tert-OH is 1. The van der Waals surface area contributed by atoms with Crippen molar-refractivity contribution in [1.82, 2.24) is 9.80 Å². The smallest absolute Gasteiger partial charge is 0.295 e. The van der Waals surface area contributed by atoms with E-state index in [0.717, 1.165) is 0 Å². The van der Waals surface area contributed by atoms with Crippen LogP contribution in [0, 0.1) is 0 Å². The normalized spacial score (nSPS) is 18.0. The zero-order chi connectivity index (χ0) is 22.7. The van der Waals surface area contributed by atoms with Gasteiger partial charge in [-0.05, 0) is 50.0 Å². The topological polar surface area (TPSA) is 79.3 Å². The van der Waals surface area contributed by atoms with Crippen molar-refractivity contribution in [2.45, 2.75) is 6.04 Å². The molecule has 2 aromatic carbocycles. The molecule has 0 saturated carbocycles. The highest BCUT2D eigenvalue weighted by Gasteiger charge is 2.45. The molecule has 2 aromatic rings. The Bertz CT molecular complexity index is 1020. The van der Waals surface area contributed by atoms with E-state index in [1.807, 2.05) is 19.0 Å². The highest BCUT2D eigenvalue weighted by atomic mass is 35.5. The molecule has 0 aromatic heterocycles. The van der Waals surface area contributed by atoms with E-state index in [1.54, 1.807) is 43.5 Å². The first-order valence-corrected chi connectivity index (χ1v) is 10.1. The van der Waals surface area contributed by atoms with Crippen molar-refractivity contribution < 1.29 is 24.2 Å². The fraction of sp³-hybridized carbons (Fsp3) is 0.304. The summed E-state index contributed by atoms with van der Waals surface area (Å²) in [7, 11) is 6.82. The molecule has 8 heteroatoms. The van der Waals surface area contributed by atoms with Gasteiger partial charge in [-0.15, -0.1) is 0 Å². The second kappa shape index (κ2) is 9.41. The summed E-state index contributed by atoms with van der Waals surface area (Å²) in [5.74, 6) is -0.573. The van der Waals surface area contributed by atoms with Gasteiger partial charge < -0.3 is 24.4 Å². The largest absolute Gasteiger partial charge is 0.507 e. The molecule has 1 fully saturated rings. The number of benzene rings is 2. The third-order valence-corrected chi connectivity index (χ3v) is 5.48. The third-order valence-electron chi connectivity index (χ3n) is 5.18. The SMILES string of the molecule is COc1ccc([C@@H]2C(=C(O)c3ccc(OC)c(Cl)c3)C(=O)C(=O)N2CCN(C)C)cc1. The lowest BCUT2D eigenvalue weighted by atomic mass is 9.95. The maximum Gasteiger partial charge on any atom is 0.295 e. The van der Waals surface area contributed by atoms with Crippen molar-refractivity contribution >= 4 is 29.1 Å². The predicted octanol–water partition coefficient (Wildman–Crippen LogP) is 3.34. The second-order valence-electron chi connectivity index (χ2n) is 7.42. The Morgan fingerprint density at radius 2 is 1.77 bits per heavy atom. The maximum atomic E-state index is 13.0. The van der Waals surface area contributed by atoms with Crippen LogP contribution < -0.4 is 9.47 Å². The summed E-state index contributed by atoms with van der Waals surface area (Å²) in [6.07, 6.45) is 0. The number of rotatable bonds is 7. The molecule has 1 aliphatic rings. The molecule has 0 unspecified atom stereocenters. The van der Waals surface area contributed by atoms with Crippen LogP contribution in [-0.4, -0.2) is 68.0 Å². The van der Waals surface area contributed by atoms with Gasteiger partial charge in [0.2, 0.25) is 0 Å². The lowest BCUT2D eigenvalue weighted by Crippen LogP contribution is -2.35. The van der Waals surface area contributed by atoms with E-state index in [9.17, 15) is 14.7 Å². The molecule has 1 saturated heterocycles. The number of hydrogen-bond donors (Lipinski definition) is 1. The molecular weight excluding hydrogens is 420 g/mol. The summed E-state index contributed by atoms with van der Waals surface area (Å²) in [6.45, 7) is 0.891. The van der Waals surface area contributed by atoms with Gasteiger partial charge >= 0.3 is 0 Å². The van der Waals surface area contributed by atoms with Crippen LogP contribution in [0.15, 0.2) is 48.0 Å². The van der Waals surface area contributed by atoms with E-state index in [2.05, 4.69) is 0 Å². The highest BCUT2D eigenvalue weighted by molar-refractivity contribution is 6.46. The van der Waals surface area contributed by atoms with Crippen LogP contribution in [-0.2, 0) is 9.59 Å². The summed E-state index contributed by atoms with van der Waals surface area (Å²) < 4.78 is 10.4. The molecule has 1 atom stereocenters. The molecule has 1 N–H and O–H groups in total. The zero-order valence-electron chi connectivity index (χ0n) is 17.9. The zero-order valence-corrected chi connectivity index (χ0v) is 18.6. The van der Waals surface area contributed by atoms with Crippen LogP contribution in [0.3, 0.4) is 0 Å². The second-order valence-corrected chi connectivity index (χ2v) is 7.83. The number of Topliss-reactive ketones (excluding diaryl/α,β-unsaturated/α-hetero) is 1. The molecule has 1 amide bonds. The number of ketones is 1. The first-order chi connectivity index (χ1) is 14.8. The van der Waals surface area contributed by atoms with E-state index >= 15 is 0 Å². The van der Waals surface area contributed by atoms with Crippen molar-refractivity contribution in [2.24, 2.45) is 0 Å². The van der Waals surface area contributed by atoms with Gasteiger partial charge in [-0.25, -0.2) is 0 Å². The van der Waals surface area contributed by atoms with Gasteiger partial charge in [0.05, 0.1) is 30.9 Å². The molecule has 0 spiro atoms. The van der Waals surface area contributed by atoms with Crippen molar-refractivity contribution in [3.05, 3.63) is 64.2 Å². The Morgan fingerprint density at radius 1 is 1.10 bits per heavy atom. The van der Waals surface area contributed by atoms with Crippen LogP contribution in [0.25, 0.3) is 5.76 Å². The van der Waals surface area contributed by atoms with E-state index in [4.69, 9.17) is 21.1 Å². The average Bonchev–Trinajstić information content (AvgIpc) is 3.01. The number of hydrogen-bond acceptors (Lipinski definition) is 6. The number of carbonyl (C=O) groups excluding carboxylic acids is 2. The number of carbonyl (C=O) groups is 2. The lowest BCUT2D eigenvalue weighted by molar-refractivity contribution is -0.140. The minimum Gasteiger partial charge on any atom is -0.507 e. The number of nitrogens with zero attached hydrogens (tertiary/aromatic N) is 2. The quantitative estimate of drug-likeness (QED) is 0.401. The Morgan fingerprint density at radius 3 is 2.32 bits per heavy atom. The van der Waals surface area contributed by atoms with Crippen LogP contribution in [0.5, 0.6) is 11.5 Å². The minimum absolute atomic E-state index is 0.0233. The van der Waals surface area contributed by atoms with Gasteiger partial charge in [-0.3, -0.25) is 9.59 Å². The lowest BCUT2D eigenvalue weighted by Gasteiger charge is -2.26. The van der Waals surface area contributed by atoms with Crippen molar-refractivity contribution in [3.8, 4) is 11.5 Å². The van der Waals surface area contributed by atoms with Gasteiger partial charge in [-0.1, -0.05) is 23.7 Å². The monoisotopic (exact) mass is 444 g/mol. The molecule has 1 heterocycles. The number of aliphatic hydroxyl groups is 1. The molecule has 0 radical (unpaired) electrons. The van der Waals surface area contributed by atoms with Crippen LogP contribution in [0.2, 0.25) is 5.02 Å². The van der Waals surface area contributed by atoms with Crippen LogP contribution >= 0.6 is 11.6 Å². The Balaban J connectivity index is 2.14. The number of likely N-dealkylation sites (N-methyl/N-ethyl adjacent to an activating group) is 1. The molecule has 164 valence electrons. The van der Waals surface area contributed by atoms with Gasteiger partial charge in [0.1, 0.15) is 17.3 Å². The minimum atomic E-state index is -0.732. The van der Waals surface area contributed by atoms with E-state index < -0.39 is 17.7 Å². The molecule has 3 rings (SSSR count). The van der Waals surface area contributed by atoms with Gasteiger partial charge in [-0.2, -0.15) is 0 Å². The van der Waals surface area contributed by atoms with E-state index in [1.165, 1.54) is 18.1 Å². The van der Waals surface area contributed by atoms with Gasteiger partial charge in [0.15, 0.2) is 0 Å². The van der Waals surface area contributed by atoms with Gasteiger partial charge in [0, 0.05) is 18.7 Å². The van der Waals surface area contributed by atoms with Crippen molar-refractivity contribution in [3.63, 3.8) is 0 Å². The fourth-order valence-electron chi connectivity index (χ4n) is 3.52. The first-order valence-electron chi connectivity index (χ1n) is 9.69. The number of ether oxygens (including phenoxy) is 2. The molecule has 0 aliphatic carbocycles. The third kappa shape index (κ3) is 4.52. The molecule has 0 bridgehead atoms. The first kappa shape index (κ1) is 22.7. The predicted molar refractivity (Wildman–Crippen MR) is 119 cm³/mol. The number of likely N-dealkylation sites (tertiary alicyclic amines) is 1. The Labute approximate surface area is 186 Å². The van der Waals surface area contributed by atoms with Crippen molar-refractivity contribution in [2.75, 3.05) is 41.4 Å². The summed E-state index contributed by atoms with van der Waals surface area (Å²) >= 11 is 6.20. The van der Waals surface area contributed by atoms with Crippen molar-refractivity contribution in [1.29, 1.82) is 0 Å². The molecule has 1 aliphatic heterocycles. The van der Waals surface area contributed by atoms with E-state index in [-0.39, 0.29) is 16.4 Å². The van der Waals surface area contributed by atoms with E-state index in [0.29, 0.717) is 35.7 Å². The summed E-state index contributed by atoms with van der Waals surface area (Å²) in [6, 6.07) is 11.1. The highest BCUT2D eigenvalue weighted by Crippen LogP contribution is 2.40. The average molecular weight is 445 g/mol. The Kier molecular flexibility index (Phi) is 6.87. The molecule has 7 nitrogen and oxygen atoms in total. The molecular formula is C23H25ClN2O5. The maximum absolute atomic E-state index is 13.0. The molecule has 31 heavy (non-hydrogen) atoms. The summed E-state index contributed by atoms with van der Waals surface area (Å²) in [4.78, 5) is 29.3. The summed E-state index contributed by atoms with van der Waals surface area (Å²) in [5.41, 5.74) is 1.05. The summed E-state index contributed by atoms with van der Waals surface area (Å²) in [5, 5.41) is 11.4. The fourth-order valence-corrected chi connectivity index (χ4v) is 3.78. The number of halogens is 1. The van der Waals surface area contributed by atoms with Crippen LogP contribution in [0.4, 0.5) is 0 Å². The number of amides is 1. The van der Waals surface area contributed by atoms with Crippen LogP contribution in [0.1, 0.15) is 17.2 Å².